The first-order chi connectivity index (χ1) is 10.9. The van der Waals surface area contributed by atoms with Crippen molar-refractivity contribution < 1.29 is 22.7 Å². The predicted molar refractivity (Wildman–Crippen MR) is 80.9 cm³/mol. The molecule has 124 valence electrons. The van der Waals surface area contributed by atoms with Crippen LogP contribution in [-0.4, -0.2) is 39.7 Å². The Morgan fingerprint density at radius 1 is 1.57 bits per heavy atom. The van der Waals surface area contributed by atoms with Crippen LogP contribution in [0.1, 0.15) is 25.3 Å². The lowest BCUT2D eigenvalue weighted by atomic mass is 10.2. The number of carbonyl (C=O) groups excluding carboxylic acids is 1. The zero-order valence-corrected chi connectivity index (χ0v) is 13.5. The van der Waals surface area contributed by atoms with Gasteiger partial charge in [0.1, 0.15) is 6.10 Å². The van der Waals surface area contributed by atoms with Crippen molar-refractivity contribution >= 4 is 15.9 Å². The van der Waals surface area contributed by atoms with Crippen LogP contribution >= 0.6 is 0 Å². The van der Waals surface area contributed by atoms with E-state index in [4.69, 9.17) is 14.7 Å². The number of rotatable bonds is 6. The molecule has 1 amide bonds. The third kappa shape index (κ3) is 4.76. The number of hydrogen-bond acceptors (Lipinski definition) is 6. The second-order valence-electron chi connectivity index (χ2n) is 5.22. The molecule has 0 aliphatic carbocycles. The highest BCUT2D eigenvalue weighted by Gasteiger charge is 2.24. The van der Waals surface area contributed by atoms with Gasteiger partial charge >= 0.3 is 0 Å². The molecule has 23 heavy (non-hydrogen) atoms. The van der Waals surface area contributed by atoms with Gasteiger partial charge in [0.05, 0.1) is 29.2 Å². The number of amides is 1. The van der Waals surface area contributed by atoms with Crippen molar-refractivity contribution in [1.82, 2.24) is 4.72 Å². The van der Waals surface area contributed by atoms with Crippen LogP contribution in [0.15, 0.2) is 29.2 Å². The maximum Gasteiger partial charge on any atom is 0.264 e. The van der Waals surface area contributed by atoms with Crippen molar-refractivity contribution in [2.75, 3.05) is 13.2 Å². The zero-order valence-electron chi connectivity index (χ0n) is 12.7. The van der Waals surface area contributed by atoms with Gasteiger partial charge in [0.25, 0.3) is 15.9 Å². The van der Waals surface area contributed by atoms with E-state index >= 15 is 0 Å². The number of ether oxygens (including phenoxy) is 2. The van der Waals surface area contributed by atoms with E-state index < -0.39 is 22.0 Å². The first kappa shape index (κ1) is 17.4. The molecule has 2 rings (SSSR count). The van der Waals surface area contributed by atoms with Gasteiger partial charge in [0.15, 0.2) is 0 Å². The van der Waals surface area contributed by atoms with Crippen molar-refractivity contribution in [3.63, 3.8) is 0 Å². The summed E-state index contributed by atoms with van der Waals surface area (Å²) in [4.78, 5) is 11.8. The lowest BCUT2D eigenvalue weighted by molar-refractivity contribution is -0.131. The van der Waals surface area contributed by atoms with Crippen LogP contribution in [0.25, 0.3) is 0 Å². The molecule has 1 N–H and O–H groups in total. The van der Waals surface area contributed by atoms with Gasteiger partial charge in [0, 0.05) is 6.61 Å². The van der Waals surface area contributed by atoms with Crippen LogP contribution in [-0.2, 0) is 24.3 Å². The van der Waals surface area contributed by atoms with Gasteiger partial charge in [-0.05, 0) is 38.0 Å². The normalized spacial score (nSPS) is 19.0. The van der Waals surface area contributed by atoms with Crippen LogP contribution in [0.4, 0.5) is 0 Å². The molecule has 1 aliphatic rings. The van der Waals surface area contributed by atoms with Crippen LogP contribution in [0.3, 0.4) is 0 Å². The van der Waals surface area contributed by atoms with Gasteiger partial charge in [-0.1, -0.05) is 6.07 Å². The number of nitrogens with zero attached hydrogens (tertiary/aromatic N) is 1. The number of nitrogens with one attached hydrogen (secondary N) is 1. The second kappa shape index (κ2) is 7.55. The van der Waals surface area contributed by atoms with Crippen LogP contribution < -0.4 is 4.72 Å². The number of benzene rings is 1. The minimum Gasteiger partial charge on any atom is -0.376 e. The van der Waals surface area contributed by atoms with Crippen LogP contribution in [0, 0.1) is 11.3 Å². The Morgan fingerprint density at radius 2 is 2.35 bits per heavy atom. The summed E-state index contributed by atoms with van der Waals surface area (Å²) in [5.74, 6) is -0.759. The number of carbonyl (C=O) groups is 1. The van der Waals surface area contributed by atoms with Gasteiger partial charge in [-0.3, -0.25) is 4.79 Å². The summed E-state index contributed by atoms with van der Waals surface area (Å²) < 4.78 is 37.0. The SMILES string of the molecule is C[C@@H](OC[C@@H]1CCCO1)C(=O)NS(=O)(=O)c1cccc(C#N)c1. The van der Waals surface area contributed by atoms with E-state index in [0.717, 1.165) is 12.8 Å². The molecule has 0 radical (unpaired) electrons. The predicted octanol–water partition coefficient (Wildman–Crippen LogP) is 0.947. The van der Waals surface area contributed by atoms with Crippen molar-refractivity contribution in [3.8, 4) is 6.07 Å². The Balaban J connectivity index is 1.95. The van der Waals surface area contributed by atoms with Gasteiger partial charge in [-0.15, -0.1) is 0 Å². The average Bonchev–Trinajstić information content (AvgIpc) is 3.05. The summed E-state index contributed by atoms with van der Waals surface area (Å²) in [7, 11) is -4.04. The molecule has 1 heterocycles. The Bertz CT molecular complexity index is 705. The standard InChI is InChI=1S/C15H18N2O5S/c1-11(22-10-13-5-3-7-21-13)15(18)17-23(19,20)14-6-2-4-12(8-14)9-16/h2,4,6,8,11,13H,3,5,7,10H2,1H3,(H,17,18)/t11-,13+/m1/s1. The summed E-state index contributed by atoms with van der Waals surface area (Å²) in [5.41, 5.74) is 0.197. The van der Waals surface area contributed by atoms with Gasteiger partial charge in [-0.25, -0.2) is 13.1 Å². The summed E-state index contributed by atoms with van der Waals surface area (Å²) in [6, 6.07) is 7.29. The van der Waals surface area contributed by atoms with E-state index in [9.17, 15) is 13.2 Å². The Labute approximate surface area is 135 Å². The average molecular weight is 338 g/mol. The molecule has 2 atom stereocenters. The zero-order chi connectivity index (χ0) is 16.9. The van der Waals surface area contributed by atoms with Crippen molar-refractivity contribution in [1.29, 1.82) is 5.26 Å². The van der Waals surface area contributed by atoms with E-state index in [-0.39, 0.29) is 23.2 Å². The third-order valence-electron chi connectivity index (χ3n) is 3.43. The molecular weight excluding hydrogens is 320 g/mol. The van der Waals surface area contributed by atoms with Crippen molar-refractivity contribution in [3.05, 3.63) is 29.8 Å². The highest BCUT2D eigenvalue weighted by atomic mass is 32.2. The lowest BCUT2D eigenvalue weighted by Gasteiger charge is -2.16. The van der Waals surface area contributed by atoms with Gasteiger partial charge in [-0.2, -0.15) is 5.26 Å². The largest absolute Gasteiger partial charge is 0.376 e. The first-order valence-electron chi connectivity index (χ1n) is 7.22. The number of hydrogen-bond donors (Lipinski definition) is 1. The molecule has 8 heteroatoms. The monoisotopic (exact) mass is 338 g/mol. The molecule has 0 saturated carbocycles. The Morgan fingerprint density at radius 3 is 3.00 bits per heavy atom. The molecule has 0 bridgehead atoms. The van der Waals surface area contributed by atoms with E-state index in [1.54, 1.807) is 0 Å². The highest BCUT2D eigenvalue weighted by Crippen LogP contribution is 2.14. The fraction of sp³-hybridized carbons (Fsp3) is 0.467. The van der Waals surface area contributed by atoms with E-state index in [2.05, 4.69) is 0 Å². The molecule has 7 nitrogen and oxygen atoms in total. The minimum atomic E-state index is -4.04. The molecule has 0 unspecified atom stereocenters. The lowest BCUT2D eigenvalue weighted by Crippen LogP contribution is -2.39. The maximum atomic E-state index is 12.2. The smallest absolute Gasteiger partial charge is 0.264 e. The topological polar surface area (TPSA) is 105 Å². The van der Waals surface area contributed by atoms with Crippen LogP contribution in [0.5, 0.6) is 0 Å². The molecule has 1 saturated heterocycles. The number of sulfonamides is 1. The molecule has 0 aromatic heterocycles. The first-order valence-corrected chi connectivity index (χ1v) is 8.71. The molecule has 1 aromatic carbocycles. The molecule has 1 fully saturated rings. The summed E-state index contributed by atoms with van der Waals surface area (Å²) in [6.45, 7) is 2.41. The number of nitriles is 1. The Hall–Kier alpha value is -1.95. The fourth-order valence-electron chi connectivity index (χ4n) is 2.11. The van der Waals surface area contributed by atoms with Gasteiger partial charge < -0.3 is 9.47 Å². The molecule has 0 spiro atoms. The van der Waals surface area contributed by atoms with Crippen molar-refractivity contribution in [2.24, 2.45) is 0 Å². The third-order valence-corrected chi connectivity index (χ3v) is 4.78. The molecule has 1 aliphatic heterocycles. The molecule has 1 aromatic rings. The summed E-state index contributed by atoms with van der Waals surface area (Å²) in [5, 5.41) is 8.81. The minimum absolute atomic E-state index is 0.0471. The van der Waals surface area contributed by atoms with E-state index in [1.807, 2.05) is 10.8 Å². The van der Waals surface area contributed by atoms with Crippen LogP contribution in [0.2, 0.25) is 0 Å². The fourth-order valence-corrected chi connectivity index (χ4v) is 3.20. The summed E-state index contributed by atoms with van der Waals surface area (Å²) in [6.07, 6.45) is 0.855. The quantitative estimate of drug-likeness (QED) is 0.828. The van der Waals surface area contributed by atoms with Crippen molar-refractivity contribution in [2.45, 2.75) is 36.9 Å². The highest BCUT2D eigenvalue weighted by molar-refractivity contribution is 7.90. The Kier molecular flexibility index (Phi) is 5.71. The van der Waals surface area contributed by atoms with Gasteiger partial charge in [0.2, 0.25) is 0 Å². The van der Waals surface area contributed by atoms with E-state index in [0.29, 0.717) is 6.61 Å². The second-order valence-corrected chi connectivity index (χ2v) is 6.90. The molecular formula is C15H18N2O5S. The summed E-state index contributed by atoms with van der Waals surface area (Å²) >= 11 is 0. The maximum absolute atomic E-state index is 12.2. The van der Waals surface area contributed by atoms with E-state index in [1.165, 1.54) is 31.2 Å².